The van der Waals surface area contributed by atoms with Gasteiger partial charge in [0.05, 0.1) is 16.2 Å². The quantitative estimate of drug-likeness (QED) is 0.778. The lowest BCUT2D eigenvalue weighted by molar-refractivity contribution is -0.129. The third kappa shape index (κ3) is 2.83. The molecule has 132 valence electrons. The topological polar surface area (TPSA) is 58.4 Å². The van der Waals surface area contributed by atoms with Gasteiger partial charge >= 0.3 is 0 Å². The van der Waals surface area contributed by atoms with Crippen molar-refractivity contribution in [2.45, 2.75) is 50.9 Å². The van der Waals surface area contributed by atoms with E-state index < -0.39 is 0 Å². The number of amides is 2. The highest BCUT2D eigenvalue weighted by Gasteiger charge is 2.46. The van der Waals surface area contributed by atoms with Crippen LogP contribution in [0.25, 0.3) is 0 Å². The maximum Gasteiger partial charge on any atom is 0.274 e. The summed E-state index contributed by atoms with van der Waals surface area (Å²) < 4.78 is 1.91. The van der Waals surface area contributed by atoms with Crippen LogP contribution in [-0.2, 0) is 10.3 Å². The highest BCUT2D eigenvalue weighted by Crippen LogP contribution is 2.43. The largest absolute Gasteiger partial charge is 0.337 e. The zero-order valence-electron chi connectivity index (χ0n) is 15.1. The third-order valence-electron chi connectivity index (χ3n) is 5.02. The molecule has 2 saturated heterocycles. The summed E-state index contributed by atoms with van der Waals surface area (Å²) in [5.74, 6) is 0.742. The van der Waals surface area contributed by atoms with Gasteiger partial charge in [-0.1, -0.05) is 0 Å². The van der Waals surface area contributed by atoms with Crippen molar-refractivity contribution < 1.29 is 9.59 Å². The Bertz CT molecular complexity index is 669. The van der Waals surface area contributed by atoms with Crippen LogP contribution < -0.4 is 0 Å². The van der Waals surface area contributed by atoms with Crippen LogP contribution in [0.15, 0.2) is 6.07 Å². The molecule has 0 aliphatic carbocycles. The number of carbonyl (C=O) groups excluding carboxylic acids is 2. The molecule has 2 aliphatic rings. The summed E-state index contributed by atoms with van der Waals surface area (Å²) in [5, 5.41) is 4.53. The van der Waals surface area contributed by atoms with Crippen LogP contribution in [0.2, 0.25) is 0 Å². The van der Waals surface area contributed by atoms with Crippen LogP contribution in [0, 0.1) is 6.92 Å². The monoisotopic (exact) mass is 350 g/mol. The third-order valence-corrected chi connectivity index (χ3v) is 6.63. The fraction of sp³-hybridized carbons (Fsp3) is 0.706. The molecular weight excluding hydrogens is 324 g/mol. The first-order valence-electron chi connectivity index (χ1n) is 8.41. The number of aromatic nitrogens is 2. The molecule has 3 rings (SSSR count). The molecule has 2 amide bonds. The lowest BCUT2D eigenvalue weighted by Crippen LogP contribution is -2.51. The van der Waals surface area contributed by atoms with Gasteiger partial charge in [0, 0.05) is 25.8 Å². The van der Waals surface area contributed by atoms with Crippen LogP contribution in [0.5, 0.6) is 0 Å². The Kier molecular flexibility index (Phi) is 4.18. The van der Waals surface area contributed by atoms with Gasteiger partial charge in [-0.2, -0.15) is 5.10 Å². The van der Waals surface area contributed by atoms with Crippen molar-refractivity contribution in [3.8, 4) is 0 Å². The fourth-order valence-electron chi connectivity index (χ4n) is 3.58. The minimum absolute atomic E-state index is 0.00655. The number of hydrogen-bond acceptors (Lipinski definition) is 4. The first-order chi connectivity index (χ1) is 11.1. The molecule has 1 aromatic rings. The van der Waals surface area contributed by atoms with E-state index in [1.54, 1.807) is 11.8 Å². The first-order valence-corrected chi connectivity index (χ1v) is 9.40. The van der Waals surface area contributed by atoms with Gasteiger partial charge in [0.15, 0.2) is 5.69 Å². The molecule has 3 heterocycles. The molecule has 0 bridgehead atoms. The summed E-state index contributed by atoms with van der Waals surface area (Å²) in [5.41, 5.74) is 1.37. The van der Waals surface area contributed by atoms with Gasteiger partial charge in [0.1, 0.15) is 0 Å². The molecule has 0 radical (unpaired) electrons. The first kappa shape index (κ1) is 17.3. The molecular formula is C17H26N4O2S. The van der Waals surface area contributed by atoms with E-state index in [9.17, 15) is 9.59 Å². The average Bonchev–Trinajstić information content (AvgIpc) is 3.04. The van der Waals surface area contributed by atoms with E-state index in [0.29, 0.717) is 24.5 Å². The molecule has 1 spiro atoms. The number of rotatable bonds is 1. The van der Waals surface area contributed by atoms with Crippen molar-refractivity contribution in [3.05, 3.63) is 17.5 Å². The molecule has 6 nitrogen and oxygen atoms in total. The number of likely N-dealkylation sites (tertiary alicyclic amines) is 1. The second kappa shape index (κ2) is 5.79. The molecule has 2 fully saturated rings. The van der Waals surface area contributed by atoms with E-state index in [-0.39, 0.29) is 22.2 Å². The minimum atomic E-state index is -0.141. The van der Waals surface area contributed by atoms with Crippen LogP contribution in [0.3, 0.4) is 0 Å². The summed E-state index contributed by atoms with van der Waals surface area (Å²) in [6.45, 7) is 9.56. The number of carbonyl (C=O) groups is 2. The summed E-state index contributed by atoms with van der Waals surface area (Å²) in [7, 11) is 1.88. The van der Waals surface area contributed by atoms with Crippen LogP contribution in [0.1, 0.15) is 49.8 Å². The van der Waals surface area contributed by atoms with Gasteiger partial charge < -0.3 is 9.80 Å². The van der Waals surface area contributed by atoms with Crippen molar-refractivity contribution in [3.63, 3.8) is 0 Å². The van der Waals surface area contributed by atoms with Gasteiger partial charge in [0.25, 0.3) is 5.91 Å². The Balaban J connectivity index is 1.71. The van der Waals surface area contributed by atoms with Crippen molar-refractivity contribution in [1.82, 2.24) is 19.6 Å². The van der Waals surface area contributed by atoms with Gasteiger partial charge in [-0.25, -0.2) is 0 Å². The molecule has 0 saturated carbocycles. The lowest BCUT2D eigenvalue weighted by Gasteiger charge is -2.42. The standard InChI is InChI=1S/C17H26N4O2S/c1-12-10-13(18-21(12)16(2,3)4)15(23)20-8-6-17(7-9-20)19(5)14(22)11-24-17/h10H,6-9,11H2,1-5H3. The Morgan fingerprint density at radius 3 is 2.38 bits per heavy atom. The Labute approximate surface area is 147 Å². The highest BCUT2D eigenvalue weighted by molar-refractivity contribution is 8.01. The Hall–Kier alpha value is -1.50. The summed E-state index contributed by atoms with van der Waals surface area (Å²) >= 11 is 1.72. The molecule has 0 atom stereocenters. The maximum atomic E-state index is 12.8. The number of thioether (sulfide) groups is 1. The van der Waals surface area contributed by atoms with Gasteiger partial charge in [-0.3, -0.25) is 14.3 Å². The smallest absolute Gasteiger partial charge is 0.274 e. The van der Waals surface area contributed by atoms with E-state index in [2.05, 4.69) is 25.9 Å². The second-order valence-corrected chi connectivity index (χ2v) is 9.07. The predicted molar refractivity (Wildman–Crippen MR) is 95.1 cm³/mol. The number of aryl methyl sites for hydroxylation is 1. The van der Waals surface area contributed by atoms with Crippen LogP contribution in [0.4, 0.5) is 0 Å². The molecule has 2 aliphatic heterocycles. The van der Waals surface area contributed by atoms with E-state index in [4.69, 9.17) is 0 Å². The maximum absolute atomic E-state index is 12.8. The SMILES string of the molecule is Cc1cc(C(=O)N2CCC3(CC2)SCC(=O)N3C)nn1C(C)(C)C. The van der Waals surface area contributed by atoms with Crippen molar-refractivity contribution in [1.29, 1.82) is 0 Å². The molecule has 0 aromatic carbocycles. The number of piperidine rings is 1. The molecule has 1 aromatic heterocycles. The number of hydrogen-bond donors (Lipinski definition) is 0. The number of nitrogens with zero attached hydrogens (tertiary/aromatic N) is 4. The molecule has 24 heavy (non-hydrogen) atoms. The molecule has 0 N–H and O–H groups in total. The highest BCUT2D eigenvalue weighted by atomic mass is 32.2. The van der Waals surface area contributed by atoms with Gasteiger partial charge in [0.2, 0.25) is 5.91 Å². The zero-order valence-corrected chi connectivity index (χ0v) is 15.9. The summed E-state index contributed by atoms with van der Waals surface area (Å²) in [4.78, 5) is 28.3. The minimum Gasteiger partial charge on any atom is -0.337 e. The summed E-state index contributed by atoms with van der Waals surface area (Å²) in [6.07, 6.45) is 1.65. The second-order valence-electron chi connectivity index (χ2n) is 7.73. The van der Waals surface area contributed by atoms with Crippen molar-refractivity contribution in [2.75, 3.05) is 25.9 Å². The van der Waals surface area contributed by atoms with Crippen molar-refractivity contribution in [2.24, 2.45) is 0 Å². The van der Waals surface area contributed by atoms with E-state index in [1.807, 2.05) is 34.5 Å². The van der Waals surface area contributed by atoms with Gasteiger partial charge in [-0.05, 0) is 46.6 Å². The van der Waals surface area contributed by atoms with Crippen LogP contribution in [-0.4, -0.2) is 62.2 Å². The van der Waals surface area contributed by atoms with E-state index in [1.165, 1.54) is 0 Å². The predicted octanol–water partition coefficient (Wildman–Crippen LogP) is 2.08. The van der Waals surface area contributed by atoms with Crippen LogP contribution >= 0.6 is 11.8 Å². The normalized spacial score (nSPS) is 21.0. The molecule has 0 unspecified atom stereocenters. The Morgan fingerprint density at radius 2 is 1.92 bits per heavy atom. The molecule has 7 heteroatoms. The average molecular weight is 350 g/mol. The van der Waals surface area contributed by atoms with Gasteiger partial charge in [-0.15, -0.1) is 11.8 Å². The fourth-order valence-corrected chi connectivity index (χ4v) is 4.93. The zero-order chi connectivity index (χ0) is 17.7. The summed E-state index contributed by atoms with van der Waals surface area (Å²) in [6, 6.07) is 1.87. The lowest BCUT2D eigenvalue weighted by atomic mass is 10.0. The Morgan fingerprint density at radius 1 is 1.29 bits per heavy atom. The van der Waals surface area contributed by atoms with E-state index >= 15 is 0 Å². The van der Waals surface area contributed by atoms with E-state index in [0.717, 1.165) is 18.5 Å². The van der Waals surface area contributed by atoms with Crippen molar-refractivity contribution >= 4 is 23.6 Å².